The molecule has 0 radical (unpaired) electrons. The highest BCUT2D eigenvalue weighted by molar-refractivity contribution is 6.35. The second-order valence-corrected chi connectivity index (χ2v) is 5.56. The standard InChI is InChI=1S/C18H17ClO4/c1-12-8-9-16(23-10-4-7-17(20)21)14(11-12)18(22)13-5-2-3-6-15(13)19/h2-3,5-6,8-9,11H,4,7,10H2,1H3,(H,20,21). The number of rotatable bonds is 7. The predicted molar refractivity (Wildman–Crippen MR) is 88.4 cm³/mol. The lowest BCUT2D eigenvalue weighted by Gasteiger charge is -2.12. The minimum Gasteiger partial charge on any atom is -0.493 e. The molecule has 2 rings (SSSR count). The predicted octanol–water partition coefficient (Wildman–Crippen LogP) is 4.12. The molecule has 2 aromatic rings. The van der Waals surface area contributed by atoms with E-state index in [1.54, 1.807) is 36.4 Å². The Kier molecular flexibility index (Phi) is 5.77. The van der Waals surface area contributed by atoms with E-state index in [1.807, 2.05) is 13.0 Å². The first-order valence-corrected chi connectivity index (χ1v) is 7.61. The number of aryl methyl sites for hydroxylation is 1. The van der Waals surface area contributed by atoms with Crippen LogP contribution in [-0.2, 0) is 4.79 Å². The first-order valence-electron chi connectivity index (χ1n) is 7.23. The van der Waals surface area contributed by atoms with Gasteiger partial charge in [-0.3, -0.25) is 9.59 Å². The SMILES string of the molecule is Cc1ccc(OCCCC(=O)O)c(C(=O)c2ccccc2Cl)c1. The summed E-state index contributed by atoms with van der Waals surface area (Å²) in [4.78, 5) is 23.3. The highest BCUT2D eigenvalue weighted by Crippen LogP contribution is 2.26. The zero-order valence-electron chi connectivity index (χ0n) is 12.7. The smallest absolute Gasteiger partial charge is 0.303 e. The molecule has 0 bridgehead atoms. The number of ether oxygens (including phenoxy) is 1. The van der Waals surface area contributed by atoms with Crippen LogP contribution in [0.2, 0.25) is 5.02 Å². The summed E-state index contributed by atoms with van der Waals surface area (Å²) in [5.41, 5.74) is 1.77. The van der Waals surface area contributed by atoms with Crippen molar-refractivity contribution >= 4 is 23.4 Å². The van der Waals surface area contributed by atoms with Gasteiger partial charge in [-0.2, -0.15) is 0 Å². The Balaban J connectivity index is 2.23. The lowest BCUT2D eigenvalue weighted by atomic mass is 10.0. The summed E-state index contributed by atoms with van der Waals surface area (Å²) < 4.78 is 5.60. The maximum Gasteiger partial charge on any atom is 0.303 e. The van der Waals surface area contributed by atoms with Crippen LogP contribution in [0.4, 0.5) is 0 Å². The number of aliphatic carboxylic acids is 1. The lowest BCUT2D eigenvalue weighted by Crippen LogP contribution is -2.08. The van der Waals surface area contributed by atoms with Crippen molar-refractivity contribution < 1.29 is 19.4 Å². The number of carboxylic acid groups (broad SMARTS) is 1. The molecule has 0 heterocycles. The van der Waals surface area contributed by atoms with Crippen LogP contribution in [0, 0.1) is 6.92 Å². The van der Waals surface area contributed by atoms with Gasteiger partial charge in [0.25, 0.3) is 0 Å². The van der Waals surface area contributed by atoms with Crippen LogP contribution in [0.15, 0.2) is 42.5 Å². The van der Waals surface area contributed by atoms with Crippen molar-refractivity contribution in [2.75, 3.05) is 6.61 Å². The maximum absolute atomic E-state index is 12.7. The van der Waals surface area contributed by atoms with Crippen LogP contribution in [0.25, 0.3) is 0 Å². The van der Waals surface area contributed by atoms with Crippen molar-refractivity contribution in [2.24, 2.45) is 0 Å². The minimum atomic E-state index is -0.870. The van der Waals surface area contributed by atoms with E-state index in [1.165, 1.54) is 0 Å². The van der Waals surface area contributed by atoms with Crippen molar-refractivity contribution in [1.29, 1.82) is 0 Å². The van der Waals surface area contributed by atoms with Crippen LogP contribution in [0.1, 0.15) is 34.3 Å². The number of hydrogen-bond donors (Lipinski definition) is 1. The fourth-order valence-electron chi connectivity index (χ4n) is 2.14. The van der Waals surface area contributed by atoms with Gasteiger partial charge in [0.05, 0.1) is 17.2 Å². The number of benzene rings is 2. The lowest BCUT2D eigenvalue weighted by molar-refractivity contribution is -0.137. The zero-order valence-corrected chi connectivity index (χ0v) is 13.5. The maximum atomic E-state index is 12.7. The third kappa shape index (κ3) is 4.57. The Bertz CT molecular complexity index is 725. The van der Waals surface area contributed by atoms with Crippen molar-refractivity contribution in [1.82, 2.24) is 0 Å². The van der Waals surface area contributed by atoms with E-state index in [2.05, 4.69) is 0 Å². The average Bonchev–Trinajstić information content (AvgIpc) is 2.52. The summed E-state index contributed by atoms with van der Waals surface area (Å²) in [6, 6.07) is 12.2. The molecule has 0 aliphatic carbocycles. The third-order valence-electron chi connectivity index (χ3n) is 3.29. The Labute approximate surface area is 139 Å². The third-order valence-corrected chi connectivity index (χ3v) is 3.62. The number of halogens is 1. The summed E-state index contributed by atoms with van der Waals surface area (Å²) in [6.07, 6.45) is 0.405. The highest BCUT2D eigenvalue weighted by atomic mass is 35.5. The Hall–Kier alpha value is -2.33. The topological polar surface area (TPSA) is 63.6 Å². The van der Waals surface area contributed by atoms with Gasteiger partial charge >= 0.3 is 5.97 Å². The molecule has 0 atom stereocenters. The van der Waals surface area contributed by atoms with Gasteiger partial charge in [-0.25, -0.2) is 0 Å². The molecule has 0 fully saturated rings. The second-order valence-electron chi connectivity index (χ2n) is 5.15. The molecule has 1 N–H and O–H groups in total. The summed E-state index contributed by atoms with van der Waals surface area (Å²) >= 11 is 6.10. The Morgan fingerprint density at radius 2 is 1.87 bits per heavy atom. The van der Waals surface area contributed by atoms with Crippen LogP contribution in [0.5, 0.6) is 5.75 Å². The first kappa shape index (κ1) is 17.0. The largest absolute Gasteiger partial charge is 0.493 e. The Morgan fingerprint density at radius 3 is 2.57 bits per heavy atom. The molecule has 0 saturated heterocycles. The molecular formula is C18H17ClO4. The van der Waals surface area contributed by atoms with E-state index in [0.29, 0.717) is 28.3 Å². The number of carboxylic acids is 1. The van der Waals surface area contributed by atoms with Gasteiger partial charge < -0.3 is 9.84 Å². The number of carbonyl (C=O) groups is 2. The zero-order chi connectivity index (χ0) is 16.8. The molecular weight excluding hydrogens is 316 g/mol. The summed E-state index contributed by atoms with van der Waals surface area (Å²) in [7, 11) is 0. The molecule has 120 valence electrons. The molecule has 0 aromatic heterocycles. The fourth-order valence-corrected chi connectivity index (χ4v) is 2.36. The molecule has 2 aromatic carbocycles. The normalized spacial score (nSPS) is 10.3. The van der Waals surface area contributed by atoms with Gasteiger partial charge in [0.2, 0.25) is 0 Å². The van der Waals surface area contributed by atoms with Crippen LogP contribution >= 0.6 is 11.6 Å². The van der Waals surface area contributed by atoms with Crippen LogP contribution in [-0.4, -0.2) is 23.5 Å². The molecule has 0 saturated carbocycles. The summed E-state index contributed by atoms with van der Waals surface area (Å²) in [5, 5.41) is 9.03. The van der Waals surface area contributed by atoms with E-state index in [4.69, 9.17) is 21.4 Å². The molecule has 0 unspecified atom stereocenters. The second kappa shape index (κ2) is 7.79. The summed E-state index contributed by atoms with van der Waals surface area (Å²) in [6.45, 7) is 2.12. The van der Waals surface area contributed by atoms with E-state index < -0.39 is 5.97 Å². The summed E-state index contributed by atoms with van der Waals surface area (Å²) in [5.74, 6) is -0.650. The average molecular weight is 333 g/mol. The van der Waals surface area contributed by atoms with Gasteiger partial charge in [-0.05, 0) is 37.6 Å². The van der Waals surface area contributed by atoms with Crippen molar-refractivity contribution in [3.8, 4) is 5.75 Å². The molecule has 0 aliphatic rings. The van der Waals surface area contributed by atoms with E-state index >= 15 is 0 Å². The van der Waals surface area contributed by atoms with Gasteiger partial charge in [0.15, 0.2) is 5.78 Å². The fraction of sp³-hybridized carbons (Fsp3) is 0.222. The van der Waals surface area contributed by atoms with Gasteiger partial charge in [0, 0.05) is 12.0 Å². The van der Waals surface area contributed by atoms with Gasteiger partial charge in [-0.15, -0.1) is 0 Å². The molecule has 4 nitrogen and oxygen atoms in total. The van der Waals surface area contributed by atoms with Crippen LogP contribution < -0.4 is 4.74 Å². The molecule has 5 heteroatoms. The van der Waals surface area contributed by atoms with E-state index in [-0.39, 0.29) is 18.8 Å². The molecule has 0 spiro atoms. The number of hydrogen-bond acceptors (Lipinski definition) is 3. The van der Waals surface area contributed by atoms with Crippen molar-refractivity contribution in [2.45, 2.75) is 19.8 Å². The minimum absolute atomic E-state index is 0.0274. The quantitative estimate of drug-likeness (QED) is 0.612. The Morgan fingerprint density at radius 1 is 1.13 bits per heavy atom. The molecule has 0 amide bonds. The van der Waals surface area contributed by atoms with E-state index in [9.17, 15) is 9.59 Å². The molecule has 23 heavy (non-hydrogen) atoms. The van der Waals surface area contributed by atoms with Crippen LogP contribution in [0.3, 0.4) is 0 Å². The van der Waals surface area contributed by atoms with Crippen molar-refractivity contribution in [3.63, 3.8) is 0 Å². The van der Waals surface area contributed by atoms with Gasteiger partial charge in [0.1, 0.15) is 5.75 Å². The monoisotopic (exact) mass is 332 g/mol. The van der Waals surface area contributed by atoms with E-state index in [0.717, 1.165) is 5.56 Å². The number of ketones is 1. The molecule has 0 aliphatic heterocycles. The van der Waals surface area contributed by atoms with Crippen molar-refractivity contribution in [3.05, 3.63) is 64.2 Å². The highest BCUT2D eigenvalue weighted by Gasteiger charge is 2.17. The van der Waals surface area contributed by atoms with Gasteiger partial charge in [-0.1, -0.05) is 35.4 Å². The number of carbonyl (C=O) groups excluding carboxylic acids is 1. The first-order chi connectivity index (χ1) is 11.0.